The number of nitrogens with zero attached hydrogens (tertiary/aromatic N) is 4. The molecular weight excluding hydrogens is 669 g/mol. The van der Waals surface area contributed by atoms with E-state index in [2.05, 4.69) is 181 Å². The van der Waals surface area contributed by atoms with Gasteiger partial charge in [0.15, 0.2) is 5.82 Å². The highest BCUT2D eigenvalue weighted by atomic mass is 15.1. The van der Waals surface area contributed by atoms with E-state index in [0.717, 1.165) is 49.9 Å². The molecule has 0 aliphatic heterocycles. The average Bonchev–Trinajstić information content (AvgIpc) is 3.79. The molecule has 0 saturated heterocycles. The zero-order valence-electron chi connectivity index (χ0n) is 30.3. The lowest BCUT2D eigenvalue weighted by Crippen LogP contribution is -2.15. The molecule has 0 atom stereocenters. The predicted molar refractivity (Wildman–Crippen MR) is 229 cm³/mol. The maximum absolute atomic E-state index is 5.57. The van der Waals surface area contributed by atoms with E-state index in [4.69, 9.17) is 9.97 Å². The molecule has 256 valence electrons. The molecule has 1 aliphatic carbocycles. The Labute approximate surface area is 315 Å². The molecule has 1 aliphatic rings. The van der Waals surface area contributed by atoms with Gasteiger partial charge in [-0.05, 0) is 69.4 Å². The minimum Gasteiger partial charge on any atom is -0.308 e. The van der Waals surface area contributed by atoms with Crippen molar-refractivity contribution in [3.05, 3.63) is 169 Å². The molecule has 4 heteroatoms. The van der Waals surface area contributed by atoms with Gasteiger partial charge in [-0.25, -0.2) is 9.97 Å². The summed E-state index contributed by atoms with van der Waals surface area (Å²) in [7, 11) is 0. The van der Waals surface area contributed by atoms with Gasteiger partial charge in [-0.3, -0.25) is 4.57 Å². The van der Waals surface area contributed by atoms with Gasteiger partial charge in [0.25, 0.3) is 0 Å². The lowest BCUT2D eigenvalue weighted by molar-refractivity contribution is 0.666. The van der Waals surface area contributed by atoms with Crippen LogP contribution in [0.5, 0.6) is 0 Å². The van der Waals surface area contributed by atoms with Crippen molar-refractivity contribution in [1.29, 1.82) is 0 Å². The zero-order chi connectivity index (χ0) is 36.2. The van der Waals surface area contributed by atoms with E-state index in [0.29, 0.717) is 0 Å². The quantitative estimate of drug-likeness (QED) is 0.168. The average molecular weight is 701 g/mol. The monoisotopic (exact) mass is 700 g/mol. The van der Waals surface area contributed by atoms with Crippen molar-refractivity contribution in [2.75, 3.05) is 0 Å². The summed E-state index contributed by atoms with van der Waals surface area (Å²) in [5.41, 5.74) is 14.9. The molecule has 0 spiro atoms. The topological polar surface area (TPSA) is 35.1 Å². The van der Waals surface area contributed by atoms with Crippen LogP contribution in [-0.2, 0) is 5.41 Å². The van der Waals surface area contributed by atoms with Crippen molar-refractivity contribution in [2.24, 2.45) is 0 Å². The number of benzene rings is 8. The van der Waals surface area contributed by atoms with E-state index in [-0.39, 0.29) is 5.41 Å². The summed E-state index contributed by atoms with van der Waals surface area (Å²) < 4.78 is 4.94. The maximum Gasteiger partial charge on any atom is 0.165 e. The highest BCUT2D eigenvalue weighted by Crippen LogP contribution is 2.55. The van der Waals surface area contributed by atoms with Crippen molar-refractivity contribution >= 4 is 81.7 Å². The van der Waals surface area contributed by atoms with Gasteiger partial charge in [0.2, 0.25) is 0 Å². The van der Waals surface area contributed by atoms with Crippen LogP contribution in [0.25, 0.3) is 110 Å². The first-order valence-electron chi connectivity index (χ1n) is 19.1. The number of hydrogen-bond donors (Lipinski definition) is 0. The fourth-order valence-corrected chi connectivity index (χ4v) is 10.3. The number of para-hydroxylation sites is 1. The minimum atomic E-state index is -0.204. The third-order valence-electron chi connectivity index (χ3n) is 12.6. The fourth-order valence-electron chi connectivity index (χ4n) is 10.3. The molecule has 55 heavy (non-hydrogen) atoms. The second-order valence-corrected chi connectivity index (χ2v) is 15.7. The highest BCUT2D eigenvalue weighted by molar-refractivity contribution is 6.33. The Bertz CT molecular complexity index is 3620. The molecule has 0 radical (unpaired) electrons. The Morgan fingerprint density at radius 1 is 0.491 bits per heavy atom. The lowest BCUT2D eigenvalue weighted by atomic mass is 9.80. The summed E-state index contributed by atoms with van der Waals surface area (Å²) in [6.45, 7) is 4.82. The predicted octanol–water partition coefficient (Wildman–Crippen LogP) is 13.0. The van der Waals surface area contributed by atoms with Crippen molar-refractivity contribution in [3.8, 4) is 28.2 Å². The van der Waals surface area contributed by atoms with Gasteiger partial charge in [0.05, 0.1) is 38.6 Å². The number of fused-ring (bicyclic) bond motifs is 12. The van der Waals surface area contributed by atoms with E-state index in [1.54, 1.807) is 0 Å². The van der Waals surface area contributed by atoms with Crippen LogP contribution in [0.15, 0.2) is 158 Å². The van der Waals surface area contributed by atoms with Crippen LogP contribution in [0.2, 0.25) is 0 Å². The molecule has 0 unspecified atom stereocenters. The molecule has 0 amide bonds. The van der Waals surface area contributed by atoms with E-state index in [9.17, 15) is 0 Å². The number of aromatic nitrogens is 4. The van der Waals surface area contributed by atoms with Gasteiger partial charge in [-0.2, -0.15) is 0 Å². The Morgan fingerprint density at radius 2 is 1.18 bits per heavy atom. The minimum absolute atomic E-state index is 0.204. The Hall–Kier alpha value is -7.04. The number of hydrogen-bond acceptors (Lipinski definition) is 2. The second kappa shape index (κ2) is 10.1. The van der Waals surface area contributed by atoms with Crippen LogP contribution in [0.4, 0.5) is 0 Å². The Morgan fingerprint density at radius 3 is 2.07 bits per heavy atom. The van der Waals surface area contributed by atoms with Crippen LogP contribution in [-0.4, -0.2) is 18.9 Å². The smallest absolute Gasteiger partial charge is 0.165 e. The van der Waals surface area contributed by atoms with Crippen molar-refractivity contribution in [2.45, 2.75) is 19.3 Å². The second-order valence-electron chi connectivity index (χ2n) is 15.7. The van der Waals surface area contributed by atoms with E-state index in [1.165, 1.54) is 71.1 Å². The molecular formula is C51H32N4. The molecule has 4 heterocycles. The van der Waals surface area contributed by atoms with Gasteiger partial charge >= 0.3 is 0 Å². The third-order valence-corrected chi connectivity index (χ3v) is 12.6. The highest BCUT2D eigenvalue weighted by Gasteiger charge is 2.39. The normalized spacial score (nSPS) is 13.8. The van der Waals surface area contributed by atoms with E-state index < -0.39 is 0 Å². The van der Waals surface area contributed by atoms with Crippen LogP contribution in [0.1, 0.15) is 25.0 Å². The first-order chi connectivity index (χ1) is 27.1. The van der Waals surface area contributed by atoms with Gasteiger partial charge in [0, 0.05) is 43.3 Å². The van der Waals surface area contributed by atoms with Crippen LogP contribution < -0.4 is 0 Å². The largest absolute Gasteiger partial charge is 0.308 e. The summed E-state index contributed by atoms with van der Waals surface area (Å²) >= 11 is 0. The first kappa shape index (κ1) is 29.4. The molecule has 8 aromatic carbocycles. The number of rotatable bonds is 2. The van der Waals surface area contributed by atoms with Gasteiger partial charge < -0.3 is 4.40 Å². The van der Waals surface area contributed by atoms with Gasteiger partial charge in [-0.15, -0.1) is 0 Å². The third kappa shape index (κ3) is 3.57. The molecule has 0 fully saturated rings. The molecule has 13 rings (SSSR count). The molecule has 0 bridgehead atoms. The molecule has 4 aromatic heterocycles. The van der Waals surface area contributed by atoms with Crippen molar-refractivity contribution < 1.29 is 0 Å². The summed E-state index contributed by atoms with van der Waals surface area (Å²) in [5.74, 6) is 0.831. The lowest BCUT2D eigenvalue weighted by Gasteiger charge is -2.23. The van der Waals surface area contributed by atoms with Gasteiger partial charge in [-0.1, -0.05) is 135 Å². The summed E-state index contributed by atoms with van der Waals surface area (Å²) in [6.07, 6.45) is 0. The van der Waals surface area contributed by atoms with Gasteiger partial charge in [0.1, 0.15) is 5.69 Å². The standard InChI is InChI=1S/C51H32N4/c1-51(2)37-21-10-8-18-32(37)35-28-36-33-19-9-11-22-39(33)54-41-24-13-25-42-45(41)43-34(44(46(35)51)49(36)54)20-12-23-40(43)55(42)50-47(30-15-4-3-5-16-30)53-48-31-17-7-6-14-29(31)26-27-38(48)52-50/h3-28H,1-2H3. The molecule has 0 N–H and O–H groups in total. The Kier molecular flexibility index (Phi) is 5.42. The van der Waals surface area contributed by atoms with E-state index in [1.807, 2.05) is 0 Å². The fraction of sp³-hybridized carbons (Fsp3) is 0.0588. The first-order valence-corrected chi connectivity index (χ1v) is 19.1. The SMILES string of the molecule is CC1(C)c2ccccc2-c2cc3c4ccccc4n4c5cccc6c5c5c(cccc5n6-c5nc6ccc7ccccc7c6nc5-c5ccccc5)c(c21)c34. The molecule has 4 nitrogen and oxygen atoms in total. The summed E-state index contributed by atoms with van der Waals surface area (Å²) in [4.78, 5) is 11.1. The van der Waals surface area contributed by atoms with Crippen molar-refractivity contribution in [3.63, 3.8) is 0 Å². The maximum atomic E-state index is 5.57. The van der Waals surface area contributed by atoms with Crippen LogP contribution in [0, 0.1) is 0 Å². The molecule has 12 aromatic rings. The van der Waals surface area contributed by atoms with E-state index >= 15 is 0 Å². The zero-order valence-corrected chi connectivity index (χ0v) is 30.3. The van der Waals surface area contributed by atoms with Crippen LogP contribution in [0.3, 0.4) is 0 Å². The Balaban J connectivity index is 1.28. The summed E-state index contributed by atoms with van der Waals surface area (Å²) in [6, 6.07) is 57.5. The molecule has 0 saturated carbocycles. The van der Waals surface area contributed by atoms with Crippen LogP contribution >= 0.6 is 0 Å². The van der Waals surface area contributed by atoms with Crippen molar-refractivity contribution in [1.82, 2.24) is 18.9 Å². The summed E-state index contributed by atoms with van der Waals surface area (Å²) in [5, 5.41) is 9.90.